The van der Waals surface area contributed by atoms with Gasteiger partial charge in [-0.1, -0.05) is 18.2 Å². The summed E-state index contributed by atoms with van der Waals surface area (Å²) in [6, 6.07) is 8.01. The predicted molar refractivity (Wildman–Crippen MR) is 61.5 cm³/mol. The minimum absolute atomic E-state index is 0.385. The Morgan fingerprint density at radius 3 is 2.81 bits per heavy atom. The van der Waals surface area contributed by atoms with E-state index in [1.54, 1.807) is 0 Å². The zero-order chi connectivity index (χ0) is 11.5. The van der Waals surface area contributed by atoms with Crippen molar-refractivity contribution in [3.05, 3.63) is 48.2 Å². The number of halogens is 2. The zero-order valence-electron chi connectivity index (χ0n) is 9.08. The topological polar surface area (TPSA) is 4.93 Å². The first kappa shape index (κ1) is 10.9. The number of aryl methyl sites for hydroxylation is 2. The fourth-order valence-corrected chi connectivity index (χ4v) is 1.96. The summed E-state index contributed by atoms with van der Waals surface area (Å²) in [5.41, 5.74) is 2.26. The van der Waals surface area contributed by atoms with Crippen LogP contribution in [0.2, 0.25) is 0 Å². The molecule has 16 heavy (non-hydrogen) atoms. The molecule has 0 amide bonds. The lowest BCUT2D eigenvalue weighted by Gasteiger charge is -1.95. The van der Waals surface area contributed by atoms with Gasteiger partial charge in [-0.3, -0.25) is 0 Å². The number of rotatable bonds is 3. The van der Waals surface area contributed by atoms with E-state index in [4.69, 9.17) is 0 Å². The molecule has 0 unspecified atom stereocenters. The van der Waals surface area contributed by atoms with Crippen LogP contribution in [0.25, 0.3) is 10.9 Å². The Morgan fingerprint density at radius 1 is 1.31 bits per heavy atom. The maximum Gasteiger partial charge on any atom is 0.266 e. The zero-order valence-corrected chi connectivity index (χ0v) is 9.08. The van der Waals surface area contributed by atoms with Crippen molar-refractivity contribution in [2.45, 2.75) is 12.8 Å². The fraction of sp³-hybridized carbons (Fsp3) is 0.231. The molecule has 0 aliphatic rings. The quantitative estimate of drug-likeness (QED) is 0.741. The smallest absolute Gasteiger partial charge is 0.266 e. The van der Waals surface area contributed by atoms with Gasteiger partial charge in [-0.05, 0) is 30.5 Å². The monoisotopic (exact) mass is 221 g/mol. The van der Waals surface area contributed by atoms with Crippen molar-refractivity contribution in [2.24, 2.45) is 7.05 Å². The van der Waals surface area contributed by atoms with Crippen LogP contribution in [-0.2, 0) is 13.5 Å². The second-order valence-electron chi connectivity index (χ2n) is 3.81. The van der Waals surface area contributed by atoms with Crippen molar-refractivity contribution < 1.29 is 8.78 Å². The summed E-state index contributed by atoms with van der Waals surface area (Å²) in [5, 5.41) is 1.15. The van der Waals surface area contributed by atoms with E-state index in [1.807, 2.05) is 42.1 Å². The van der Waals surface area contributed by atoms with Gasteiger partial charge < -0.3 is 4.57 Å². The first-order valence-electron chi connectivity index (χ1n) is 5.22. The third-order valence-electron chi connectivity index (χ3n) is 2.69. The van der Waals surface area contributed by atoms with E-state index in [2.05, 4.69) is 0 Å². The average Bonchev–Trinajstić information content (AvgIpc) is 2.57. The number of nitrogens with zero attached hydrogens (tertiary/aromatic N) is 1. The summed E-state index contributed by atoms with van der Waals surface area (Å²) in [6.07, 6.45) is 2.42. The van der Waals surface area contributed by atoms with E-state index in [0.29, 0.717) is 12.8 Å². The third kappa shape index (κ3) is 2.13. The molecule has 1 nitrogen and oxygen atoms in total. The first-order valence-corrected chi connectivity index (χ1v) is 5.22. The van der Waals surface area contributed by atoms with Crippen molar-refractivity contribution in [1.82, 2.24) is 4.57 Å². The van der Waals surface area contributed by atoms with Gasteiger partial charge in [-0.25, -0.2) is 0 Å². The van der Waals surface area contributed by atoms with Gasteiger partial charge in [0.2, 0.25) is 0 Å². The number of aromatic nitrogens is 1. The number of benzene rings is 1. The van der Waals surface area contributed by atoms with Gasteiger partial charge in [-0.2, -0.15) is 8.78 Å². The number of para-hydroxylation sites is 1. The Hall–Kier alpha value is -1.64. The van der Waals surface area contributed by atoms with E-state index in [9.17, 15) is 8.78 Å². The molecule has 0 aliphatic heterocycles. The molecule has 1 aromatic heterocycles. The molecule has 0 saturated heterocycles. The van der Waals surface area contributed by atoms with E-state index in [0.717, 1.165) is 22.5 Å². The maximum absolute atomic E-state index is 11.9. The highest BCUT2D eigenvalue weighted by molar-refractivity contribution is 5.83. The molecule has 0 radical (unpaired) electrons. The molecule has 2 rings (SSSR count). The van der Waals surface area contributed by atoms with Gasteiger partial charge in [0.15, 0.2) is 0 Å². The number of allylic oxidation sites excluding steroid dienone is 1. The Kier molecular flexibility index (Phi) is 3.04. The first-order chi connectivity index (χ1) is 7.68. The van der Waals surface area contributed by atoms with Crippen LogP contribution < -0.4 is 0 Å². The largest absolute Gasteiger partial charge is 0.350 e. The van der Waals surface area contributed by atoms with E-state index < -0.39 is 6.08 Å². The highest BCUT2D eigenvalue weighted by Gasteiger charge is 2.04. The molecule has 0 aliphatic carbocycles. The van der Waals surface area contributed by atoms with Crippen LogP contribution in [-0.4, -0.2) is 4.57 Å². The fourth-order valence-electron chi connectivity index (χ4n) is 1.96. The SMILES string of the molecule is Cn1cc(CCC=C(F)F)c2ccccc21. The summed E-state index contributed by atoms with van der Waals surface area (Å²) >= 11 is 0. The van der Waals surface area contributed by atoms with Crippen LogP contribution in [0.1, 0.15) is 12.0 Å². The maximum atomic E-state index is 11.9. The summed E-state index contributed by atoms with van der Waals surface area (Å²) in [7, 11) is 1.97. The van der Waals surface area contributed by atoms with Gasteiger partial charge in [0.25, 0.3) is 6.08 Å². The third-order valence-corrected chi connectivity index (χ3v) is 2.69. The van der Waals surface area contributed by atoms with Crippen molar-refractivity contribution in [3.63, 3.8) is 0 Å². The standard InChI is InChI=1S/C13H13F2N/c1-16-9-10(5-4-8-13(14)15)11-6-2-3-7-12(11)16/h2-3,6-9H,4-5H2,1H3. The van der Waals surface area contributed by atoms with Crippen LogP contribution >= 0.6 is 0 Å². The summed E-state index contributed by atoms with van der Waals surface area (Å²) < 4.78 is 25.9. The molecule has 2 aromatic rings. The lowest BCUT2D eigenvalue weighted by molar-refractivity contribution is 0.417. The Labute approximate surface area is 93.0 Å². The van der Waals surface area contributed by atoms with Crippen LogP contribution in [0, 0.1) is 0 Å². The number of fused-ring (bicyclic) bond motifs is 1. The molecule has 0 spiro atoms. The summed E-state index contributed by atoms with van der Waals surface area (Å²) in [6.45, 7) is 0. The molecule has 0 atom stereocenters. The molecule has 1 aromatic carbocycles. The van der Waals surface area contributed by atoms with Crippen LogP contribution in [0.15, 0.2) is 42.6 Å². The Bertz CT molecular complexity index is 522. The molecule has 0 fully saturated rings. The van der Waals surface area contributed by atoms with Crippen molar-refractivity contribution in [1.29, 1.82) is 0 Å². The predicted octanol–water partition coefficient (Wildman–Crippen LogP) is 3.89. The Balaban J connectivity index is 2.28. The Morgan fingerprint density at radius 2 is 2.06 bits per heavy atom. The molecule has 0 bridgehead atoms. The van der Waals surface area contributed by atoms with E-state index in [-0.39, 0.29) is 0 Å². The molecule has 1 heterocycles. The summed E-state index contributed by atoms with van der Waals surface area (Å²) in [5.74, 6) is 0. The van der Waals surface area contributed by atoms with Crippen molar-refractivity contribution in [2.75, 3.05) is 0 Å². The second kappa shape index (κ2) is 4.47. The average molecular weight is 221 g/mol. The van der Waals surface area contributed by atoms with Crippen molar-refractivity contribution >= 4 is 10.9 Å². The van der Waals surface area contributed by atoms with Crippen LogP contribution in [0.3, 0.4) is 0 Å². The van der Waals surface area contributed by atoms with E-state index in [1.165, 1.54) is 0 Å². The highest BCUT2D eigenvalue weighted by Crippen LogP contribution is 2.21. The number of hydrogen-bond acceptors (Lipinski definition) is 0. The molecule has 84 valence electrons. The minimum Gasteiger partial charge on any atom is -0.350 e. The lowest BCUT2D eigenvalue weighted by Crippen LogP contribution is -1.82. The molecule has 0 N–H and O–H groups in total. The molecular weight excluding hydrogens is 208 g/mol. The van der Waals surface area contributed by atoms with Gasteiger partial charge in [-0.15, -0.1) is 0 Å². The van der Waals surface area contributed by atoms with Gasteiger partial charge in [0.1, 0.15) is 0 Å². The van der Waals surface area contributed by atoms with Crippen LogP contribution in [0.4, 0.5) is 8.78 Å². The second-order valence-corrected chi connectivity index (χ2v) is 3.81. The van der Waals surface area contributed by atoms with Crippen LogP contribution in [0.5, 0.6) is 0 Å². The molecule has 0 saturated carbocycles. The lowest BCUT2D eigenvalue weighted by atomic mass is 10.1. The van der Waals surface area contributed by atoms with Gasteiger partial charge in [0.05, 0.1) is 0 Å². The highest BCUT2D eigenvalue weighted by atomic mass is 19.3. The number of hydrogen-bond donors (Lipinski definition) is 0. The normalized spacial score (nSPS) is 10.7. The van der Waals surface area contributed by atoms with Gasteiger partial charge in [0, 0.05) is 24.1 Å². The van der Waals surface area contributed by atoms with Gasteiger partial charge >= 0.3 is 0 Å². The van der Waals surface area contributed by atoms with Crippen molar-refractivity contribution in [3.8, 4) is 0 Å². The minimum atomic E-state index is -1.60. The molecular formula is C13H13F2N. The summed E-state index contributed by atoms with van der Waals surface area (Å²) in [4.78, 5) is 0. The molecule has 3 heteroatoms. The van der Waals surface area contributed by atoms with E-state index >= 15 is 0 Å².